The predicted octanol–water partition coefficient (Wildman–Crippen LogP) is 14.6. The van der Waals surface area contributed by atoms with Gasteiger partial charge >= 0.3 is 11.9 Å². The van der Waals surface area contributed by atoms with E-state index < -0.39 is 25.2 Å². The molecule has 7 heteroatoms. The van der Waals surface area contributed by atoms with E-state index in [4.69, 9.17) is 14.2 Å². The van der Waals surface area contributed by atoms with Gasteiger partial charge in [0.2, 0.25) is 0 Å². The Morgan fingerprint density at radius 1 is 0.574 bits per heavy atom. The lowest BCUT2D eigenvalue weighted by atomic mass is 9.68. The van der Waals surface area contributed by atoms with E-state index in [2.05, 4.69) is 96.3 Å². The van der Waals surface area contributed by atoms with Gasteiger partial charge in [-0.2, -0.15) is 0 Å². The molecule has 7 rings (SSSR count). The number of carbonyl (C=O) groups excluding carboxylic acids is 2. The maximum atomic E-state index is 12.1. The Bertz CT molecular complexity index is 2350. The molecular weight excluding hydrogens is 845 g/mol. The number of unbranched alkanes of at least 4 members (excludes halogenated alkanes) is 2. The van der Waals surface area contributed by atoms with Crippen LogP contribution in [0.2, 0.25) is 0 Å². The highest BCUT2D eigenvalue weighted by atomic mass is 16.5. The van der Waals surface area contributed by atoms with E-state index >= 15 is 0 Å². The molecule has 7 nitrogen and oxygen atoms in total. The average molecular weight is 919 g/mol. The maximum absolute atomic E-state index is 12.1. The minimum absolute atomic E-state index is 0.0343. The second-order valence-electron chi connectivity index (χ2n) is 19.3. The molecule has 0 bridgehead atoms. The Hall–Kier alpha value is -5.76. The van der Waals surface area contributed by atoms with E-state index in [9.17, 15) is 19.8 Å². The Morgan fingerprint density at radius 2 is 1.04 bits per heavy atom. The standard InChI is InChI=1S/C37H36O7.C24H38/c1-7-42-35-32(27-8-12-30(13-9-27)43-36(40)25(5)20-38)18-29(34-23(3)16-22(2)17-24(34)4)19-33(35)28-10-14-31(15-11-28)44-37(41)26(6)21-39;1-3-4-5-6-20-9-13-22(14-10-20)24-17-15-23(16-18-24)21-11-7-19(2)8-12-21/h8-19,38-39H,5-7,20-21H2,1-4H3;7-8,11-12,20,22-24H,3-6,9-10,13-18H2,1-2H3. The van der Waals surface area contributed by atoms with Crippen molar-refractivity contribution < 1.29 is 34.0 Å². The highest BCUT2D eigenvalue weighted by Crippen LogP contribution is 2.46. The van der Waals surface area contributed by atoms with Gasteiger partial charge in [-0.25, -0.2) is 9.59 Å². The minimum atomic E-state index is -0.695. The number of aliphatic hydroxyl groups is 2. The number of ether oxygens (including phenoxy) is 3. The van der Waals surface area contributed by atoms with Gasteiger partial charge in [-0.1, -0.05) is 130 Å². The highest BCUT2D eigenvalue weighted by molar-refractivity contribution is 5.92. The van der Waals surface area contributed by atoms with Crippen LogP contribution in [0.1, 0.15) is 125 Å². The second-order valence-corrected chi connectivity index (χ2v) is 19.3. The quantitative estimate of drug-likeness (QED) is 0.0414. The van der Waals surface area contributed by atoms with Gasteiger partial charge in [-0.05, 0) is 172 Å². The molecule has 0 aromatic heterocycles. The lowest BCUT2D eigenvalue weighted by molar-refractivity contribution is -0.131. The number of esters is 2. The lowest BCUT2D eigenvalue weighted by Crippen LogP contribution is -2.25. The maximum Gasteiger partial charge on any atom is 0.341 e. The third-order valence-electron chi connectivity index (χ3n) is 14.1. The summed E-state index contributed by atoms with van der Waals surface area (Å²) in [5.41, 5.74) is 11.8. The molecule has 0 radical (unpaired) electrons. The van der Waals surface area contributed by atoms with E-state index in [0.717, 1.165) is 68.2 Å². The Kier molecular flexibility index (Phi) is 19.0. The van der Waals surface area contributed by atoms with Gasteiger partial charge in [-0.3, -0.25) is 0 Å². The van der Waals surface area contributed by atoms with Gasteiger partial charge in [0.25, 0.3) is 0 Å². The number of aryl methyl sites for hydroxylation is 4. The van der Waals surface area contributed by atoms with Crippen molar-refractivity contribution in [3.05, 3.63) is 149 Å². The Morgan fingerprint density at radius 3 is 1.49 bits per heavy atom. The van der Waals surface area contributed by atoms with Gasteiger partial charge in [0.1, 0.15) is 17.2 Å². The van der Waals surface area contributed by atoms with Crippen LogP contribution >= 0.6 is 0 Å². The van der Waals surface area contributed by atoms with E-state index in [1.807, 2.05) is 31.2 Å². The van der Waals surface area contributed by atoms with Crippen molar-refractivity contribution in [2.45, 2.75) is 125 Å². The molecule has 2 fully saturated rings. The number of rotatable bonds is 17. The van der Waals surface area contributed by atoms with E-state index in [1.54, 1.807) is 29.8 Å². The van der Waals surface area contributed by atoms with E-state index in [0.29, 0.717) is 23.9 Å². The molecule has 0 spiro atoms. The molecule has 2 N–H and O–H groups in total. The van der Waals surface area contributed by atoms with Gasteiger partial charge in [-0.15, -0.1) is 0 Å². The first kappa shape index (κ1) is 51.6. The van der Waals surface area contributed by atoms with Crippen LogP contribution in [-0.4, -0.2) is 42.0 Å². The Balaban J connectivity index is 0.000000266. The van der Waals surface area contributed by atoms with Crippen molar-refractivity contribution in [1.82, 2.24) is 0 Å². The molecule has 0 saturated heterocycles. The van der Waals surface area contributed by atoms with Gasteiger partial charge in [0.05, 0.1) is 31.0 Å². The summed E-state index contributed by atoms with van der Waals surface area (Å²) in [7, 11) is 0. The fraction of sp³-hybridized carbons (Fsp3) is 0.410. The SMILES string of the molecule is C=C(CO)C(=O)Oc1ccc(-c2cc(-c3c(C)cc(C)cc3C)cc(-c3ccc(OC(=O)C(=C)CO)cc3)c2OCC)cc1.CCCCCC1CCC(C2CCC(c3ccc(C)cc3)CC2)CC1. The zero-order valence-corrected chi connectivity index (χ0v) is 41.5. The number of benzene rings is 5. The van der Waals surface area contributed by atoms with Crippen molar-refractivity contribution in [3.8, 4) is 50.6 Å². The van der Waals surface area contributed by atoms with Crippen LogP contribution in [0.15, 0.2) is 121 Å². The van der Waals surface area contributed by atoms with Gasteiger partial charge < -0.3 is 24.4 Å². The van der Waals surface area contributed by atoms with Crippen LogP contribution in [-0.2, 0) is 9.59 Å². The summed E-state index contributed by atoms with van der Waals surface area (Å²) < 4.78 is 17.0. The topological polar surface area (TPSA) is 102 Å². The Labute approximate surface area is 406 Å². The van der Waals surface area contributed by atoms with Crippen molar-refractivity contribution in [2.24, 2.45) is 17.8 Å². The molecule has 68 heavy (non-hydrogen) atoms. The first-order chi connectivity index (χ1) is 32.8. The average Bonchev–Trinajstić information content (AvgIpc) is 3.35. The zero-order chi connectivity index (χ0) is 48.7. The largest absolute Gasteiger partial charge is 0.493 e. The molecule has 0 amide bonds. The van der Waals surface area contributed by atoms with E-state index in [1.165, 1.54) is 88.2 Å². The van der Waals surface area contributed by atoms with Crippen LogP contribution in [0, 0.1) is 45.4 Å². The summed E-state index contributed by atoms with van der Waals surface area (Å²) in [6.45, 7) is 19.2. The molecule has 5 aromatic carbocycles. The van der Waals surface area contributed by atoms with Crippen molar-refractivity contribution in [3.63, 3.8) is 0 Å². The predicted molar refractivity (Wildman–Crippen MR) is 277 cm³/mol. The summed E-state index contributed by atoms with van der Waals surface area (Å²) >= 11 is 0. The van der Waals surface area contributed by atoms with Crippen LogP contribution in [0.5, 0.6) is 17.2 Å². The number of hydrogen-bond donors (Lipinski definition) is 2. The summed E-state index contributed by atoms with van der Waals surface area (Å²) in [5, 5.41) is 18.4. The number of aliphatic hydroxyl groups excluding tert-OH is 2. The van der Waals surface area contributed by atoms with Gasteiger partial charge in [0, 0.05) is 11.1 Å². The number of hydrogen-bond acceptors (Lipinski definition) is 7. The summed E-state index contributed by atoms with van der Waals surface area (Å²) in [4.78, 5) is 24.2. The van der Waals surface area contributed by atoms with Crippen molar-refractivity contribution in [2.75, 3.05) is 19.8 Å². The first-order valence-corrected chi connectivity index (χ1v) is 25.0. The smallest absolute Gasteiger partial charge is 0.341 e. The third-order valence-corrected chi connectivity index (χ3v) is 14.1. The highest BCUT2D eigenvalue weighted by Gasteiger charge is 2.31. The molecule has 0 unspecified atom stereocenters. The fourth-order valence-corrected chi connectivity index (χ4v) is 10.4. The molecule has 2 aliphatic rings. The zero-order valence-electron chi connectivity index (χ0n) is 41.5. The van der Waals surface area contributed by atoms with Gasteiger partial charge in [0.15, 0.2) is 0 Å². The summed E-state index contributed by atoms with van der Waals surface area (Å²) in [5.74, 6) is 3.93. The van der Waals surface area contributed by atoms with Crippen LogP contribution in [0.4, 0.5) is 0 Å². The van der Waals surface area contributed by atoms with E-state index in [-0.39, 0.29) is 11.1 Å². The monoisotopic (exact) mass is 919 g/mol. The summed E-state index contributed by atoms with van der Waals surface area (Å²) in [6.07, 6.45) is 17.8. The number of carbonyl (C=O) groups is 2. The molecule has 5 aromatic rings. The summed E-state index contributed by atoms with van der Waals surface area (Å²) in [6, 6.07) is 32.0. The van der Waals surface area contributed by atoms with Crippen molar-refractivity contribution >= 4 is 11.9 Å². The van der Waals surface area contributed by atoms with Crippen molar-refractivity contribution in [1.29, 1.82) is 0 Å². The lowest BCUT2D eigenvalue weighted by Gasteiger charge is -2.38. The normalized spacial score (nSPS) is 17.9. The third kappa shape index (κ3) is 13.7. The first-order valence-electron chi connectivity index (χ1n) is 25.0. The fourth-order valence-electron chi connectivity index (χ4n) is 10.4. The second kappa shape index (κ2) is 25.0. The molecule has 0 atom stereocenters. The molecule has 360 valence electrons. The van der Waals surface area contributed by atoms with Crippen LogP contribution in [0.25, 0.3) is 33.4 Å². The molecule has 0 heterocycles. The van der Waals surface area contributed by atoms with Crippen LogP contribution in [0.3, 0.4) is 0 Å². The molecule has 2 saturated carbocycles. The van der Waals surface area contributed by atoms with Crippen LogP contribution < -0.4 is 14.2 Å². The molecule has 0 aliphatic heterocycles. The minimum Gasteiger partial charge on any atom is -0.493 e. The molecular formula is C61H74O7. The molecule has 2 aliphatic carbocycles.